The van der Waals surface area contributed by atoms with Gasteiger partial charge in [0.2, 0.25) is 5.90 Å². The number of furan rings is 1. The molecule has 118 valence electrons. The maximum Gasteiger partial charge on any atom is 0.363 e. The average Bonchev–Trinajstić information content (AvgIpc) is 3.02. The van der Waals surface area contributed by atoms with Gasteiger partial charge >= 0.3 is 5.97 Å². The van der Waals surface area contributed by atoms with E-state index in [0.29, 0.717) is 11.3 Å². The first-order chi connectivity index (χ1) is 11.0. The minimum Gasteiger partial charge on any atom is -0.496 e. The van der Waals surface area contributed by atoms with Crippen molar-refractivity contribution in [1.82, 2.24) is 0 Å². The van der Waals surface area contributed by atoms with Gasteiger partial charge in [0.25, 0.3) is 0 Å². The molecule has 0 spiro atoms. The number of hydrogen-bond acceptors (Lipinski definition) is 5. The van der Waals surface area contributed by atoms with Crippen LogP contribution < -0.4 is 4.74 Å². The van der Waals surface area contributed by atoms with E-state index in [-0.39, 0.29) is 11.6 Å². The van der Waals surface area contributed by atoms with Crippen molar-refractivity contribution in [3.63, 3.8) is 0 Å². The van der Waals surface area contributed by atoms with Crippen molar-refractivity contribution in [3.8, 4) is 5.75 Å². The third kappa shape index (κ3) is 2.90. The fourth-order valence-electron chi connectivity index (χ4n) is 2.52. The van der Waals surface area contributed by atoms with Gasteiger partial charge in [-0.25, -0.2) is 9.79 Å². The van der Waals surface area contributed by atoms with Crippen molar-refractivity contribution < 1.29 is 18.7 Å². The fourth-order valence-corrected chi connectivity index (χ4v) is 2.52. The molecule has 2 aromatic rings. The number of carbonyl (C=O) groups is 1. The van der Waals surface area contributed by atoms with Crippen molar-refractivity contribution in [2.24, 2.45) is 4.99 Å². The van der Waals surface area contributed by atoms with Gasteiger partial charge < -0.3 is 13.9 Å². The normalized spacial score (nSPS) is 15.7. The van der Waals surface area contributed by atoms with Crippen LogP contribution in [0.25, 0.3) is 6.08 Å². The van der Waals surface area contributed by atoms with Crippen LogP contribution in [0.4, 0.5) is 0 Å². The highest BCUT2D eigenvalue weighted by Gasteiger charge is 2.26. The number of carbonyl (C=O) groups excluding carboxylic acids is 1. The van der Waals surface area contributed by atoms with Crippen molar-refractivity contribution in [2.75, 3.05) is 7.11 Å². The van der Waals surface area contributed by atoms with Crippen LogP contribution in [0, 0.1) is 20.8 Å². The molecule has 0 saturated carbocycles. The number of aryl methyl sites for hydroxylation is 3. The highest BCUT2D eigenvalue weighted by Crippen LogP contribution is 2.24. The minimum absolute atomic E-state index is 0.266. The lowest BCUT2D eigenvalue weighted by Gasteiger charge is -2.04. The molecule has 3 rings (SSSR count). The molecular formula is C18H17NO4. The lowest BCUT2D eigenvalue weighted by atomic mass is 10.1. The van der Waals surface area contributed by atoms with E-state index in [1.807, 2.05) is 45.0 Å². The summed E-state index contributed by atoms with van der Waals surface area (Å²) in [6, 6.07) is 7.46. The number of methoxy groups -OCH3 is 1. The summed E-state index contributed by atoms with van der Waals surface area (Å²) in [6.45, 7) is 5.60. The standard InChI is InChI=1S/C18H17NO4/c1-10-7-13(5-6-16(10)21-4)9-15-18(20)23-17(19-15)14-8-11(2)22-12(14)3/h5-9H,1-4H3/b15-9-. The van der Waals surface area contributed by atoms with Gasteiger partial charge in [-0.05, 0) is 56.2 Å². The number of nitrogens with zero attached hydrogens (tertiary/aromatic N) is 1. The molecule has 0 aliphatic carbocycles. The molecule has 0 amide bonds. The van der Waals surface area contributed by atoms with E-state index in [1.54, 1.807) is 13.2 Å². The van der Waals surface area contributed by atoms with Crippen LogP contribution in [-0.2, 0) is 9.53 Å². The Balaban J connectivity index is 1.95. The summed E-state index contributed by atoms with van der Waals surface area (Å²) < 4.78 is 15.9. The summed E-state index contributed by atoms with van der Waals surface area (Å²) in [4.78, 5) is 16.3. The largest absolute Gasteiger partial charge is 0.496 e. The monoisotopic (exact) mass is 311 g/mol. The smallest absolute Gasteiger partial charge is 0.363 e. The Morgan fingerprint density at radius 1 is 1.17 bits per heavy atom. The van der Waals surface area contributed by atoms with E-state index in [4.69, 9.17) is 13.9 Å². The van der Waals surface area contributed by atoms with Gasteiger partial charge in [0, 0.05) is 0 Å². The molecule has 1 aromatic heterocycles. The topological polar surface area (TPSA) is 61.0 Å². The molecule has 1 aliphatic heterocycles. The van der Waals surface area contributed by atoms with Crippen LogP contribution >= 0.6 is 0 Å². The Morgan fingerprint density at radius 2 is 1.96 bits per heavy atom. The Labute approximate surface area is 134 Å². The van der Waals surface area contributed by atoms with Gasteiger partial charge in [-0.15, -0.1) is 0 Å². The number of ether oxygens (including phenoxy) is 2. The van der Waals surface area contributed by atoms with Gasteiger partial charge in [0.15, 0.2) is 5.70 Å². The molecule has 0 unspecified atom stereocenters. The first kappa shape index (κ1) is 15.1. The molecule has 0 fully saturated rings. The first-order valence-corrected chi connectivity index (χ1v) is 7.22. The second kappa shape index (κ2) is 5.76. The van der Waals surface area contributed by atoms with Crippen molar-refractivity contribution in [3.05, 3.63) is 58.2 Å². The van der Waals surface area contributed by atoms with Crippen molar-refractivity contribution in [2.45, 2.75) is 20.8 Å². The van der Waals surface area contributed by atoms with Gasteiger partial charge in [-0.2, -0.15) is 0 Å². The molecule has 0 bridgehead atoms. The Hall–Kier alpha value is -2.82. The number of cyclic esters (lactones) is 1. The molecule has 0 radical (unpaired) electrons. The minimum atomic E-state index is -0.466. The Morgan fingerprint density at radius 3 is 2.57 bits per heavy atom. The highest BCUT2D eigenvalue weighted by molar-refractivity contribution is 6.13. The quantitative estimate of drug-likeness (QED) is 0.642. The highest BCUT2D eigenvalue weighted by atomic mass is 16.6. The van der Waals surface area contributed by atoms with Crippen molar-refractivity contribution >= 4 is 17.9 Å². The lowest BCUT2D eigenvalue weighted by Crippen LogP contribution is -2.05. The predicted octanol–water partition coefficient (Wildman–Crippen LogP) is 3.56. The van der Waals surface area contributed by atoms with Crippen LogP contribution in [0.3, 0.4) is 0 Å². The second-order valence-electron chi connectivity index (χ2n) is 5.39. The number of rotatable bonds is 3. The molecule has 1 aliphatic rings. The SMILES string of the molecule is COc1ccc(/C=C2\N=C(c3cc(C)oc3C)OC2=O)cc1C. The van der Waals surface area contributed by atoms with Gasteiger partial charge in [0.05, 0.1) is 12.7 Å². The predicted molar refractivity (Wildman–Crippen MR) is 86.5 cm³/mol. The summed E-state index contributed by atoms with van der Waals surface area (Å²) in [5, 5.41) is 0. The van der Waals surface area contributed by atoms with Gasteiger partial charge in [-0.3, -0.25) is 0 Å². The third-order valence-electron chi connectivity index (χ3n) is 3.61. The van der Waals surface area contributed by atoms with Crippen molar-refractivity contribution in [1.29, 1.82) is 0 Å². The van der Waals surface area contributed by atoms with E-state index < -0.39 is 5.97 Å². The molecule has 0 atom stereocenters. The molecule has 2 heterocycles. The Kier molecular flexibility index (Phi) is 3.78. The second-order valence-corrected chi connectivity index (χ2v) is 5.39. The summed E-state index contributed by atoms with van der Waals surface area (Å²) in [6.07, 6.45) is 1.70. The zero-order chi connectivity index (χ0) is 16.6. The number of esters is 1. The van der Waals surface area contributed by atoms with Crippen LogP contribution in [-0.4, -0.2) is 19.0 Å². The zero-order valence-corrected chi connectivity index (χ0v) is 13.5. The van der Waals surface area contributed by atoms with E-state index in [2.05, 4.69) is 4.99 Å². The van der Waals surface area contributed by atoms with Crippen LogP contribution in [0.2, 0.25) is 0 Å². The first-order valence-electron chi connectivity index (χ1n) is 7.22. The zero-order valence-electron chi connectivity index (χ0n) is 13.5. The molecule has 5 nitrogen and oxygen atoms in total. The van der Waals surface area contributed by atoms with Gasteiger partial charge in [0.1, 0.15) is 17.3 Å². The van der Waals surface area contributed by atoms with E-state index in [0.717, 1.165) is 22.6 Å². The van der Waals surface area contributed by atoms with Crippen LogP contribution in [0.5, 0.6) is 5.75 Å². The third-order valence-corrected chi connectivity index (χ3v) is 3.61. The molecule has 0 N–H and O–H groups in total. The molecule has 5 heteroatoms. The maximum atomic E-state index is 12.0. The molecular weight excluding hydrogens is 294 g/mol. The fraction of sp³-hybridized carbons (Fsp3) is 0.222. The van der Waals surface area contributed by atoms with Crippen LogP contribution in [0.1, 0.15) is 28.2 Å². The van der Waals surface area contributed by atoms with E-state index in [1.165, 1.54) is 0 Å². The molecule has 23 heavy (non-hydrogen) atoms. The summed E-state index contributed by atoms with van der Waals surface area (Å²) >= 11 is 0. The number of benzene rings is 1. The summed E-state index contributed by atoms with van der Waals surface area (Å²) in [5.41, 5.74) is 2.81. The average molecular weight is 311 g/mol. The van der Waals surface area contributed by atoms with Crippen LogP contribution in [0.15, 0.2) is 39.4 Å². The lowest BCUT2D eigenvalue weighted by molar-refractivity contribution is -0.129. The molecule has 1 aromatic carbocycles. The maximum absolute atomic E-state index is 12.0. The number of hydrogen-bond donors (Lipinski definition) is 0. The van der Waals surface area contributed by atoms with E-state index >= 15 is 0 Å². The molecule has 0 saturated heterocycles. The Bertz CT molecular complexity index is 843. The van der Waals surface area contributed by atoms with E-state index in [9.17, 15) is 4.79 Å². The summed E-state index contributed by atoms with van der Waals surface area (Å²) in [5.74, 6) is 2.04. The summed E-state index contributed by atoms with van der Waals surface area (Å²) in [7, 11) is 1.63. The van der Waals surface area contributed by atoms with Gasteiger partial charge in [-0.1, -0.05) is 6.07 Å². The number of aliphatic imine (C=N–C) groups is 1.